The van der Waals surface area contributed by atoms with Crippen LogP contribution in [-0.4, -0.2) is 54.4 Å². The first-order chi connectivity index (χ1) is 8.99. The number of carbonyl (C=O) groups excluding carboxylic acids is 1. The highest BCUT2D eigenvalue weighted by Gasteiger charge is 2.29. The molecule has 0 aromatic heterocycles. The Morgan fingerprint density at radius 2 is 2.00 bits per heavy atom. The zero-order valence-electron chi connectivity index (χ0n) is 11.9. The molecule has 110 valence electrons. The van der Waals surface area contributed by atoms with Gasteiger partial charge in [-0.15, -0.1) is 0 Å². The van der Waals surface area contributed by atoms with E-state index in [2.05, 4.69) is 5.32 Å². The van der Waals surface area contributed by atoms with Crippen molar-refractivity contribution < 1.29 is 19.4 Å². The highest BCUT2D eigenvalue weighted by Crippen LogP contribution is 2.14. The summed E-state index contributed by atoms with van der Waals surface area (Å²) in [7, 11) is 1.67. The van der Waals surface area contributed by atoms with Gasteiger partial charge in [0.1, 0.15) is 6.04 Å². The number of nitrogens with zero attached hydrogens (tertiary/aromatic N) is 1. The van der Waals surface area contributed by atoms with Gasteiger partial charge in [0, 0.05) is 20.2 Å². The fourth-order valence-corrected chi connectivity index (χ4v) is 2.20. The minimum Gasteiger partial charge on any atom is -0.480 e. The Balaban J connectivity index is 2.51. The minimum absolute atomic E-state index is 0.0852. The van der Waals surface area contributed by atoms with E-state index < -0.39 is 12.0 Å². The second-order valence-electron chi connectivity index (χ2n) is 5.07. The zero-order chi connectivity index (χ0) is 14.4. The van der Waals surface area contributed by atoms with Crippen LogP contribution in [0.5, 0.6) is 0 Å². The Bertz CT molecular complexity index is 314. The number of hydrogen-bond donors (Lipinski definition) is 2. The summed E-state index contributed by atoms with van der Waals surface area (Å²) in [4.78, 5) is 24.9. The molecule has 1 aliphatic heterocycles. The molecule has 1 rings (SSSR count). The molecule has 0 bridgehead atoms. The van der Waals surface area contributed by atoms with Gasteiger partial charge in [0.2, 0.25) is 0 Å². The smallest absolute Gasteiger partial charge is 0.326 e. The summed E-state index contributed by atoms with van der Waals surface area (Å²) in [5.41, 5.74) is 0. The molecule has 19 heavy (non-hydrogen) atoms. The molecule has 6 nitrogen and oxygen atoms in total. The molecule has 0 saturated carbocycles. The third kappa shape index (κ3) is 4.38. The normalized spacial score (nSPS) is 19.8. The maximum absolute atomic E-state index is 12.0. The molecule has 1 fully saturated rings. The number of aliphatic carboxylic acids is 1. The predicted octanol–water partition coefficient (Wildman–Crippen LogP) is 1.31. The maximum atomic E-state index is 12.0. The number of ether oxygens (including phenoxy) is 1. The van der Waals surface area contributed by atoms with E-state index in [0.29, 0.717) is 19.5 Å². The van der Waals surface area contributed by atoms with E-state index in [1.54, 1.807) is 12.0 Å². The molecule has 1 saturated heterocycles. The second kappa shape index (κ2) is 7.33. The van der Waals surface area contributed by atoms with Gasteiger partial charge in [0.15, 0.2) is 0 Å². The standard InChI is InChI=1S/C13H24N2O4/c1-4-9(2)11(12(16)17)14-13(18)15-7-5-10(19-3)6-8-15/h9-11H,4-8H2,1-3H3,(H,14,18)(H,16,17)/t9-,11-/m0/s1. The van der Waals surface area contributed by atoms with Crippen LogP contribution in [0.1, 0.15) is 33.1 Å². The molecule has 0 radical (unpaired) electrons. The van der Waals surface area contributed by atoms with Crippen LogP contribution in [0.25, 0.3) is 0 Å². The number of carbonyl (C=O) groups is 2. The van der Waals surface area contributed by atoms with Crippen LogP contribution >= 0.6 is 0 Å². The van der Waals surface area contributed by atoms with Crippen molar-refractivity contribution in [1.29, 1.82) is 0 Å². The van der Waals surface area contributed by atoms with E-state index in [4.69, 9.17) is 9.84 Å². The molecule has 0 unspecified atom stereocenters. The number of nitrogens with one attached hydrogen (secondary N) is 1. The lowest BCUT2D eigenvalue weighted by Crippen LogP contribution is -2.52. The van der Waals surface area contributed by atoms with Crippen molar-refractivity contribution in [2.45, 2.75) is 45.3 Å². The molecule has 2 N–H and O–H groups in total. The summed E-state index contributed by atoms with van der Waals surface area (Å²) in [6, 6.07) is -1.11. The van der Waals surface area contributed by atoms with Gasteiger partial charge in [0.05, 0.1) is 6.10 Å². The van der Waals surface area contributed by atoms with Gasteiger partial charge in [-0.1, -0.05) is 20.3 Å². The van der Waals surface area contributed by atoms with Crippen LogP contribution in [0, 0.1) is 5.92 Å². The lowest BCUT2D eigenvalue weighted by Gasteiger charge is -2.32. The van der Waals surface area contributed by atoms with Crippen LogP contribution in [0.2, 0.25) is 0 Å². The Labute approximate surface area is 114 Å². The van der Waals surface area contributed by atoms with E-state index in [0.717, 1.165) is 12.8 Å². The van der Waals surface area contributed by atoms with Crippen molar-refractivity contribution in [3.05, 3.63) is 0 Å². The van der Waals surface area contributed by atoms with Gasteiger partial charge in [0.25, 0.3) is 0 Å². The summed E-state index contributed by atoms with van der Waals surface area (Å²) < 4.78 is 5.24. The maximum Gasteiger partial charge on any atom is 0.326 e. The average Bonchev–Trinajstić information content (AvgIpc) is 2.43. The molecule has 0 aromatic rings. The number of carboxylic acid groups (broad SMARTS) is 1. The van der Waals surface area contributed by atoms with Crippen molar-refractivity contribution in [3.63, 3.8) is 0 Å². The van der Waals surface area contributed by atoms with E-state index in [1.165, 1.54) is 0 Å². The number of carboxylic acids is 1. The number of piperidine rings is 1. The number of amides is 2. The highest BCUT2D eigenvalue weighted by atomic mass is 16.5. The summed E-state index contributed by atoms with van der Waals surface area (Å²) in [5.74, 6) is -1.06. The first kappa shape index (κ1) is 15.8. The van der Waals surface area contributed by atoms with Gasteiger partial charge in [-0.2, -0.15) is 0 Å². The SMILES string of the molecule is CC[C@H](C)[C@H](NC(=O)N1CCC(OC)CC1)C(=O)O. The molecular weight excluding hydrogens is 248 g/mol. The number of hydrogen-bond acceptors (Lipinski definition) is 3. The number of urea groups is 1. The molecule has 2 atom stereocenters. The van der Waals surface area contributed by atoms with E-state index >= 15 is 0 Å². The van der Waals surface area contributed by atoms with Crippen LogP contribution in [0.4, 0.5) is 4.79 Å². The summed E-state index contributed by atoms with van der Waals surface area (Å²) in [5, 5.41) is 11.8. The summed E-state index contributed by atoms with van der Waals surface area (Å²) in [6.07, 6.45) is 2.51. The molecule has 2 amide bonds. The van der Waals surface area contributed by atoms with Crippen LogP contribution in [-0.2, 0) is 9.53 Å². The van der Waals surface area contributed by atoms with Crippen molar-refractivity contribution in [3.8, 4) is 0 Å². The van der Waals surface area contributed by atoms with Gasteiger partial charge < -0.3 is 20.1 Å². The number of methoxy groups -OCH3 is 1. The summed E-state index contributed by atoms with van der Waals surface area (Å²) in [6.45, 7) is 4.96. The van der Waals surface area contributed by atoms with Crippen molar-refractivity contribution in [2.75, 3.05) is 20.2 Å². The molecule has 0 spiro atoms. The van der Waals surface area contributed by atoms with E-state index in [1.807, 2.05) is 13.8 Å². The lowest BCUT2D eigenvalue weighted by molar-refractivity contribution is -0.140. The molecule has 0 aliphatic carbocycles. The Morgan fingerprint density at radius 3 is 2.42 bits per heavy atom. The van der Waals surface area contributed by atoms with Crippen LogP contribution < -0.4 is 5.32 Å². The highest BCUT2D eigenvalue weighted by molar-refractivity contribution is 5.82. The second-order valence-corrected chi connectivity index (χ2v) is 5.07. The predicted molar refractivity (Wildman–Crippen MR) is 71.0 cm³/mol. The van der Waals surface area contributed by atoms with E-state index in [-0.39, 0.29) is 18.1 Å². The lowest BCUT2D eigenvalue weighted by atomic mass is 9.99. The first-order valence-corrected chi connectivity index (χ1v) is 6.80. The molecule has 1 heterocycles. The van der Waals surface area contributed by atoms with Gasteiger partial charge in [-0.25, -0.2) is 9.59 Å². The van der Waals surface area contributed by atoms with Gasteiger partial charge >= 0.3 is 12.0 Å². The minimum atomic E-state index is -0.977. The number of likely N-dealkylation sites (tertiary alicyclic amines) is 1. The third-order valence-corrected chi connectivity index (χ3v) is 3.82. The first-order valence-electron chi connectivity index (χ1n) is 6.80. The average molecular weight is 272 g/mol. The van der Waals surface area contributed by atoms with E-state index in [9.17, 15) is 9.59 Å². The van der Waals surface area contributed by atoms with Gasteiger partial charge in [-0.05, 0) is 18.8 Å². The van der Waals surface area contributed by atoms with Crippen LogP contribution in [0.15, 0.2) is 0 Å². The monoisotopic (exact) mass is 272 g/mol. The van der Waals surface area contributed by atoms with Crippen molar-refractivity contribution in [1.82, 2.24) is 10.2 Å². The molecule has 1 aliphatic rings. The Hall–Kier alpha value is -1.30. The van der Waals surface area contributed by atoms with Crippen molar-refractivity contribution >= 4 is 12.0 Å². The molecular formula is C13H24N2O4. The fourth-order valence-electron chi connectivity index (χ4n) is 2.20. The van der Waals surface area contributed by atoms with Crippen LogP contribution in [0.3, 0.4) is 0 Å². The zero-order valence-corrected chi connectivity index (χ0v) is 11.9. The van der Waals surface area contributed by atoms with Crippen molar-refractivity contribution in [2.24, 2.45) is 5.92 Å². The molecule has 6 heteroatoms. The largest absolute Gasteiger partial charge is 0.480 e. The Kier molecular flexibility index (Phi) is 6.08. The van der Waals surface area contributed by atoms with Gasteiger partial charge in [-0.3, -0.25) is 0 Å². The quantitative estimate of drug-likeness (QED) is 0.791. The molecule has 0 aromatic carbocycles. The number of rotatable bonds is 5. The summed E-state index contributed by atoms with van der Waals surface area (Å²) >= 11 is 0. The topological polar surface area (TPSA) is 78.9 Å². The third-order valence-electron chi connectivity index (χ3n) is 3.82. The Morgan fingerprint density at radius 1 is 1.42 bits per heavy atom. The fraction of sp³-hybridized carbons (Fsp3) is 0.846.